The molecule has 0 radical (unpaired) electrons. The highest BCUT2D eigenvalue weighted by atomic mass is 16.5. The molecule has 0 saturated heterocycles. The Morgan fingerprint density at radius 2 is 1.16 bits per heavy atom. The minimum absolute atomic E-state index is 0.247. The van der Waals surface area contributed by atoms with Gasteiger partial charge in [-0.05, 0) is 41.8 Å². The summed E-state index contributed by atoms with van der Waals surface area (Å²) in [5, 5.41) is 3.28. The van der Waals surface area contributed by atoms with E-state index >= 15 is 0 Å². The second-order valence-electron chi connectivity index (χ2n) is 5.93. The van der Waals surface area contributed by atoms with Gasteiger partial charge in [-0.3, -0.25) is 9.59 Å². The Morgan fingerprint density at radius 1 is 0.774 bits per heavy atom. The minimum atomic E-state index is -0.271. The lowest BCUT2D eigenvalue weighted by atomic mass is 10.2. The van der Waals surface area contributed by atoms with Crippen LogP contribution in [0, 0.1) is 0 Å². The SMILES string of the molecule is CC.CC.CC(=O)OCc1ccc(N)cc1.CCCNc1ccc(COC(C)=O)cc1. The van der Waals surface area contributed by atoms with E-state index < -0.39 is 0 Å². The van der Waals surface area contributed by atoms with Crippen LogP contribution in [0.4, 0.5) is 11.4 Å². The number of rotatable bonds is 7. The molecule has 31 heavy (non-hydrogen) atoms. The molecule has 0 aliphatic heterocycles. The van der Waals surface area contributed by atoms with E-state index in [0.29, 0.717) is 18.9 Å². The molecular weight excluding hydrogens is 392 g/mol. The number of nitrogens with one attached hydrogen (secondary N) is 1. The van der Waals surface area contributed by atoms with E-state index in [9.17, 15) is 9.59 Å². The van der Waals surface area contributed by atoms with Gasteiger partial charge in [0.25, 0.3) is 0 Å². The molecule has 2 aromatic rings. The topological polar surface area (TPSA) is 90.7 Å². The van der Waals surface area contributed by atoms with Crippen molar-refractivity contribution in [3.8, 4) is 0 Å². The zero-order valence-electron chi connectivity index (χ0n) is 20.2. The summed E-state index contributed by atoms with van der Waals surface area (Å²) in [6.45, 7) is 14.6. The van der Waals surface area contributed by atoms with E-state index in [1.165, 1.54) is 13.8 Å². The maximum atomic E-state index is 10.6. The number of anilines is 2. The summed E-state index contributed by atoms with van der Waals surface area (Å²) >= 11 is 0. The summed E-state index contributed by atoms with van der Waals surface area (Å²) in [6.07, 6.45) is 1.11. The quantitative estimate of drug-likeness (QED) is 0.415. The Hall–Kier alpha value is -3.02. The Kier molecular flexibility index (Phi) is 19.7. The van der Waals surface area contributed by atoms with Crippen LogP contribution in [0.5, 0.6) is 0 Å². The predicted molar refractivity (Wildman–Crippen MR) is 130 cm³/mol. The van der Waals surface area contributed by atoms with Crippen molar-refractivity contribution in [1.82, 2.24) is 0 Å². The molecule has 0 saturated carbocycles. The molecule has 0 aromatic heterocycles. The Balaban J connectivity index is 0. The molecule has 2 rings (SSSR count). The van der Waals surface area contributed by atoms with Crippen molar-refractivity contribution in [3.63, 3.8) is 0 Å². The molecule has 174 valence electrons. The maximum Gasteiger partial charge on any atom is 0.302 e. The molecule has 0 aliphatic carbocycles. The first-order valence-electron chi connectivity index (χ1n) is 10.8. The third-order valence-corrected chi connectivity index (χ3v) is 3.40. The number of hydrogen-bond acceptors (Lipinski definition) is 6. The molecule has 2 aromatic carbocycles. The smallest absolute Gasteiger partial charge is 0.302 e. The van der Waals surface area contributed by atoms with Crippen LogP contribution in [-0.2, 0) is 32.3 Å². The first-order chi connectivity index (χ1) is 14.9. The van der Waals surface area contributed by atoms with Crippen molar-refractivity contribution >= 4 is 23.3 Å². The molecule has 0 aliphatic rings. The molecule has 6 heteroatoms. The minimum Gasteiger partial charge on any atom is -0.461 e. The van der Waals surface area contributed by atoms with Crippen molar-refractivity contribution in [3.05, 3.63) is 59.7 Å². The van der Waals surface area contributed by atoms with Crippen LogP contribution < -0.4 is 11.1 Å². The van der Waals surface area contributed by atoms with Crippen LogP contribution in [0.15, 0.2) is 48.5 Å². The fourth-order valence-corrected chi connectivity index (χ4v) is 1.97. The predicted octanol–water partition coefficient (Wildman–Crippen LogP) is 5.96. The van der Waals surface area contributed by atoms with Crippen molar-refractivity contribution < 1.29 is 19.1 Å². The summed E-state index contributed by atoms with van der Waals surface area (Å²) in [5.74, 6) is -0.519. The van der Waals surface area contributed by atoms with Crippen molar-refractivity contribution in [2.75, 3.05) is 17.6 Å². The first-order valence-corrected chi connectivity index (χ1v) is 10.8. The van der Waals surface area contributed by atoms with Crippen LogP contribution in [0.2, 0.25) is 0 Å². The third-order valence-electron chi connectivity index (χ3n) is 3.40. The zero-order chi connectivity index (χ0) is 24.1. The van der Waals surface area contributed by atoms with E-state index in [4.69, 9.17) is 15.2 Å². The van der Waals surface area contributed by atoms with Crippen LogP contribution in [0.1, 0.15) is 66.0 Å². The Morgan fingerprint density at radius 3 is 1.52 bits per heavy atom. The molecule has 0 amide bonds. The standard InChI is InChI=1S/C12H17NO2.C9H11NO2.2C2H6/c1-3-8-13-12-6-4-11(5-7-12)9-15-10(2)14;1-7(11)12-6-8-2-4-9(10)5-3-8;2*1-2/h4-7,13H,3,8-9H2,1-2H3;2-5H,6,10H2,1H3;2*1-2H3. The average molecular weight is 433 g/mol. The second-order valence-corrected chi connectivity index (χ2v) is 5.93. The van der Waals surface area contributed by atoms with Gasteiger partial charge in [0.2, 0.25) is 0 Å². The van der Waals surface area contributed by atoms with E-state index in [2.05, 4.69) is 12.2 Å². The number of ether oxygens (including phenoxy) is 2. The lowest BCUT2D eigenvalue weighted by Gasteiger charge is -2.06. The number of benzene rings is 2. The van der Waals surface area contributed by atoms with Gasteiger partial charge in [0.1, 0.15) is 13.2 Å². The van der Waals surface area contributed by atoms with Gasteiger partial charge in [-0.15, -0.1) is 0 Å². The fraction of sp³-hybridized carbons (Fsp3) is 0.440. The van der Waals surface area contributed by atoms with Crippen molar-refractivity contribution in [1.29, 1.82) is 0 Å². The number of hydrogen-bond donors (Lipinski definition) is 2. The van der Waals surface area contributed by atoms with Gasteiger partial charge in [0.05, 0.1) is 0 Å². The average Bonchev–Trinajstić information content (AvgIpc) is 2.79. The lowest BCUT2D eigenvalue weighted by molar-refractivity contribution is -0.143. The number of carbonyl (C=O) groups excluding carboxylic acids is 2. The highest BCUT2D eigenvalue weighted by Crippen LogP contribution is 2.10. The van der Waals surface area contributed by atoms with Gasteiger partial charge in [-0.1, -0.05) is 58.9 Å². The summed E-state index contributed by atoms with van der Waals surface area (Å²) in [6, 6.07) is 15.1. The molecule has 0 spiro atoms. The fourth-order valence-electron chi connectivity index (χ4n) is 1.97. The van der Waals surface area contributed by atoms with Crippen LogP contribution in [-0.4, -0.2) is 18.5 Å². The molecule has 0 fully saturated rings. The Labute approximate surface area is 188 Å². The van der Waals surface area contributed by atoms with E-state index in [1.54, 1.807) is 12.1 Å². The molecule has 0 unspecified atom stereocenters. The lowest BCUT2D eigenvalue weighted by Crippen LogP contribution is -2.01. The van der Waals surface area contributed by atoms with Gasteiger partial charge >= 0.3 is 11.9 Å². The number of nitrogens with two attached hydrogens (primary N) is 1. The van der Waals surface area contributed by atoms with Crippen LogP contribution in [0.3, 0.4) is 0 Å². The molecule has 0 heterocycles. The monoisotopic (exact) mass is 432 g/mol. The van der Waals surface area contributed by atoms with E-state index in [0.717, 1.165) is 29.8 Å². The maximum absolute atomic E-state index is 10.6. The number of nitrogen functional groups attached to an aromatic ring is 1. The molecule has 6 nitrogen and oxygen atoms in total. The second kappa shape index (κ2) is 20.3. The van der Waals surface area contributed by atoms with E-state index in [-0.39, 0.29) is 11.9 Å². The van der Waals surface area contributed by atoms with Crippen LogP contribution >= 0.6 is 0 Å². The molecular formula is C25H40N2O4. The largest absolute Gasteiger partial charge is 0.461 e. The van der Waals surface area contributed by atoms with Crippen LogP contribution in [0.25, 0.3) is 0 Å². The van der Waals surface area contributed by atoms with Crippen molar-refractivity contribution in [2.24, 2.45) is 0 Å². The normalized spacial score (nSPS) is 8.74. The van der Waals surface area contributed by atoms with Crippen molar-refractivity contribution in [2.45, 2.75) is 68.1 Å². The molecule has 0 atom stereocenters. The number of esters is 2. The van der Waals surface area contributed by atoms with Gasteiger partial charge < -0.3 is 20.5 Å². The summed E-state index contributed by atoms with van der Waals surface area (Å²) in [7, 11) is 0. The molecule has 3 N–H and O–H groups in total. The highest BCUT2D eigenvalue weighted by molar-refractivity contribution is 5.66. The summed E-state index contributed by atoms with van der Waals surface area (Å²) in [5.41, 5.74) is 9.24. The van der Waals surface area contributed by atoms with Gasteiger partial charge in [-0.2, -0.15) is 0 Å². The zero-order valence-corrected chi connectivity index (χ0v) is 20.2. The van der Waals surface area contributed by atoms with Gasteiger partial charge in [-0.25, -0.2) is 0 Å². The van der Waals surface area contributed by atoms with Gasteiger partial charge in [0.15, 0.2) is 0 Å². The van der Waals surface area contributed by atoms with E-state index in [1.807, 2.05) is 64.1 Å². The first kappa shape index (κ1) is 30.2. The Bertz CT molecular complexity index is 698. The molecule has 0 bridgehead atoms. The highest BCUT2D eigenvalue weighted by Gasteiger charge is 1.97. The summed E-state index contributed by atoms with van der Waals surface area (Å²) < 4.78 is 9.68. The van der Waals surface area contributed by atoms with Gasteiger partial charge in [0, 0.05) is 31.8 Å². The third kappa shape index (κ3) is 17.5. The summed E-state index contributed by atoms with van der Waals surface area (Å²) in [4.78, 5) is 21.0. The number of carbonyl (C=O) groups is 2.